The van der Waals surface area contributed by atoms with Crippen molar-refractivity contribution >= 4 is 22.5 Å². The van der Waals surface area contributed by atoms with Gasteiger partial charge in [-0.15, -0.1) is 0 Å². The first kappa shape index (κ1) is 15.0. The molecule has 0 amide bonds. The molecule has 3 aromatic rings. The summed E-state index contributed by atoms with van der Waals surface area (Å²) in [4.78, 5) is 0. The van der Waals surface area contributed by atoms with E-state index in [1.807, 2.05) is 24.3 Å². The summed E-state index contributed by atoms with van der Waals surface area (Å²) >= 11 is 5.87. The molecule has 0 spiro atoms. The summed E-state index contributed by atoms with van der Waals surface area (Å²) in [6.45, 7) is 5.90. The molecule has 0 atom stereocenters. The third kappa shape index (κ3) is 3.28. The van der Waals surface area contributed by atoms with Crippen molar-refractivity contribution in [3.63, 3.8) is 0 Å². The number of halogens is 1. The molecule has 114 valence electrons. The van der Waals surface area contributed by atoms with E-state index in [0.717, 1.165) is 17.3 Å². The summed E-state index contributed by atoms with van der Waals surface area (Å²) in [6, 6.07) is 16.3. The fourth-order valence-corrected chi connectivity index (χ4v) is 2.69. The Balaban J connectivity index is 1.67. The minimum Gasteiger partial charge on any atom is -0.492 e. The van der Waals surface area contributed by atoms with E-state index in [-0.39, 0.29) is 0 Å². The van der Waals surface area contributed by atoms with Gasteiger partial charge in [0.05, 0.1) is 6.54 Å². The Morgan fingerprint density at radius 2 is 1.82 bits per heavy atom. The molecule has 2 aromatic carbocycles. The van der Waals surface area contributed by atoms with E-state index >= 15 is 0 Å². The molecule has 0 saturated heterocycles. The zero-order chi connectivity index (χ0) is 15.5. The number of hydrogen-bond donors (Lipinski definition) is 0. The maximum atomic E-state index is 5.87. The number of hydrogen-bond acceptors (Lipinski definition) is 1. The van der Waals surface area contributed by atoms with Gasteiger partial charge < -0.3 is 9.30 Å². The minimum atomic E-state index is 0.556. The number of benzene rings is 2. The second kappa shape index (κ2) is 6.45. The average molecular weight is 314 g/mol. The lowest BCUT2D eigenvalue weighted by Gasteiger charge is -2.09. The highest BCUT2D eigenvalue weighted by Gasteiger charge is 2.05. The maximum Gasteiger partial charge on any atom is 0.119 e. The van der Waals surface area contributed by atoms with Crippen molar-refractivity contribution in [3.05, 3.63) is 65.3 Å². The van der Waals surface area contributed by atoms with Crippen molar-refractivity contribution in [2.45, 2.75) is 26.3 Å². The molecule has 0 bridgehead atoms. The molecular weight excluding hydrogens is 294 g/mol. The van der Waals surface area contributed by atoms with E-state index in [1.165, 1.54) is 16.5 Å². The van der Waals surface area contributed by atoms with Gasteiger partial charge in [-0.05, 0) is 59.3 Å². The van der Waals surface area contributed by atoms with Crippen LogP contribution in [0.1, 0.15) is 25.3 Å². The molecule has 1 heterocycles. The SMILES string of the molecule is CC(C)c1ccc2c(ccn2CCOc2ccc(Cl)cc2)c1. The molecular formula is C19H20ClNO. The third-order valence-electron chi connectivity index (χ3n) is 3.88. The van der Waals surface area contributed by atoms with Gasteiger partial charge in [-0.1, -0.05) is 31.5 Å². The molecule has 0 aliphatic heterocycles. The summed E-state index contributed by atoms with van der Waals surface area (Å²) in [6.07, 6.45) is 2.12. The van der Waals surface area contributed by atoms with Crippen LogP contribution in [0.4, 0.5) is 0 Å². The number of aromatic nitrogens is 1. The van der Waals surface area contributed by atoms with Crippen molar-refractivity contribution < 1.29 is 4.74 Å². The zero-order valence-corrected chi connectivity index (χ0v) is 13.7. The lowest BCUT2D eigenvalue weighted by atomic mass is 10.0. The maximum absolute atomic E-state index is 5.87. The van der Waals surface area contributed by atoms with Crippen LogP contribution in [-0.2, 0) is 6.54 Å². The summed E-state index contributed by atoms with van der Waals surface area (Å²) < 4.78 is 8.00. The largest absolute Gasteiger partial charge is 0.492 e. The first-order valence-corrected chi connectivity index (χ1v) is 7.98. The summed E-state index contributed by atoms with van der Waals surface area (Å²) in [5.41, 5.74) is 2.63. The van der Waals surface area contributed by atoms with Crippen LogP contribution in [0.5, 0.6) is 5.75 Å². The minimum absolute atomic E-state index is 0.556. The molecule has 0 aliphatic rings. The fraction of sp³-hybridized carbons (Fsp3) is 0.263. The fourth-order valence-electron chi connectivity index (χ4n) is 2.57. The van der Waals surface area contributed by atoms with Gasteiger partial charge in [-0.2, -0.15) is 0 Å². The van der Waals surface area contributed by atoms with Crippen molar-refractivity contribution in [2.75, 3.05) is 6.61 Å². The zero-order valence-electron chi connectivity index (χ0n) is 12.9. The highest BCUT2D eigenvalue weighted by Crippen LogP contribution is 2.22. The second-order valence-electron chi connectivity index (χ2n) is 5.78. The van der Waals surface area contributed by atoms with E-state index in [2.05, 4.69) is 48.9 Å². The van der Waals surface area contributed by atoms with Gasteiger partial charge in [0, 0.05) is 16.7 Å². The van der Waals surface area contributed by atoms with Crippen LogP contribution in [0.2, 0.25) is 5.02 Å². The van der Waals surface area contributed by atoms with Gasteiger partial charge >= 0.3 is 0 Å². The van der Waals surface area contributed by atoms with E-state index in [9.17, 15) is 0 Å². The van der Waals surface area contributed by atoms with Crippen molar-refractivity contribution in [2.24, 2.45) is 0 Å². The Hall–Kier alpha value is -1.93. The van der Waals surface area contributed by atoms with Gasteiger partial charge in [0.25, 0.3) is 0 Å². The Bertz CT molecular complexity index is 759. The average Bonchev–Trinajstić information content (AvgIpc) is 2.92. The van der Waals surface area contributed by atoms with E-state index in [0.29, 0.717) is 12.5 Å². The number of fused-ring (bicyclic) bond motifs is 1. The second-order valence-corrected chi connectivity index (χ2v) is 6.22. The quantitative estimate of drug-likeness (QED) is 0.607. The van der Waals surface area contributed by atoms with Crippen LogP contribution in [0.15, 0.2) is 54.7 Å². The number of nitrogens with zero attached hydrogens (tertiary/aromatic N) is 1. The topological polar surface area (TPSA) is 14.2 Å². The molecule has 0 fully saturated rings. The number of rotatable bonds is 5. The smallest absolute Gasteiger partial charge is 0.119 e. The van der Waals surface area contributed by atoms with Crippen molar-refractivity contribution in [1.82, 2.24) is 4.57 Å². The lowest BCUT2D eigenvalue weighted by molar-refractivity contribution is 0.300. The summed E-state index contributed by atoms with van der Waals surface area (Å²) in [7, 11) is 0. The molecule has 0 N–H and O–H groups in total. The molecule has 3 rings (SSSR count). The predicted octanol–water partition coefficient (Wildman–Crippen LogP) is 5.50. The van der Waals surface area contributed by atoms with Crippen LogP contribution >= 0.6 is 11.6 Å². The van der Waals surface area contributed by atoms with Gasteiger partial charge in [0.15, 0.2) is 0 Å². The van der Waals surface area contributed by atoms with Crippen molar-refractivity contribution in [1.29, 1.82) is 0 Å². The normalized spacial score (nSPS) is 11.3. The molecule has 0 unspecified atom stereocenters. The highest BCUT2D eigenvalue weighted by molar-refractivity contribution is 6.30. The van der Waals surface area contributed by atoms with E-state index in [4.69, 9.17) is 16.3 Å². The van der Waals surface area contributed by atoms with Crippen molar-refractivity contribution in [3.8, 4) is 5.75 Å². The Labute approximate surface area is 136 Å². The summed E-state index contributed by atoms with van der Waals surface area (Å²) in [5.74, 6) is 1.41. The van der Waals surface area contributed by atoms with Crippen LogP contribution in [0.25, 0.3) is 10.9 Å². The van der Waals surface area contributed by atoms with Crippen LogP contribution in [0, 0.1) is 0 Å². The molecule has 0 radical (unpaired) electrons. The van der Waals surface area contributed by atoms with Gasteiger partial charge in [0.1, 0.15) is 12.4 Å². The Morgan fingerprint density at radius 1 is 1.05 bits per heavy atom. The molecule has 1 aromatic heterocycles. The van der Waals surface area contributed by atoms with Gasteiger partial charge in [-0.25, -0.2) is 0 Å². The lowest BCUT2D eigenvalue weighted by Crippen LogP contribution is -2.07. The molecule has 0 aliphatic carbocycles. The monoisotopic (exact) mass is 313 g/mol. The molecule has 0 saturated carbocycles. The Kier molecular flexibility index (Phi) is 4.39. The van der Waals surface area contributed by atoms with E-state index < -0.39 is 0 Å². The molecule has 22 heavy (non-hydrogen) atoms. The van der Waals surface area contributed by atoms with Crippen LogP contribution < -0.4 is 4.74 Å². The van der Waals surface area contributed by atoms with E-state index in [1.54, 1.807) is 0 Å². The van der Waals surface area contributed by atoms with Crippen LogP contribution in [0.3, 0.4) is 0 Å². The predicted molar refractivity (Wildman–Crippen MR) is 93.0 cm³/mol. The molecule has 2 nitrogen and oxygen atoms in total. The number of ether oxygens (including phenoxy) is 1. The third-order valence-corrected chi connectivity index (χ3v) is 4.13. The molecule has 3 heteroatoms. The summed E-state index contributed by atoms with van der Waals surface area (Å²) in [5, 5.41) is 2.02. The van der Waals surface area contributed by atoms with Gasteiger partial charge in [-0.3, -0.25) is 0 Å². The first-order valence-electron chi connectivity index (χ1n) is 7.60. The van der Waals surface area contributed by atoms with Crippen LogP contribution in [-0.4, -0.2) is 11.2 Å². The van der Waals surface area contributed by atoms with Gasteiger partial charge in [0.2, 0.25) is 0 Å². The first-order chi connectivity index (χ1) is 10.6. The Morgan fingerprint density at radius 3 is 2.55 bits per heavy atom. The standard InChI is InChI=1S/C19H20ClNO/c1-14(2)15-3-8-19-16(13-15)9-10-21(19)11-12-22-18-6-4-17(20)5-7-18/h3-10,13-14H,11-12H2,1-2H3. The highest BCUT2D eigenvalue weighted by atomic mass is 35.5.